The maximum Gasteiger partial charge on any atom is 0.255 e. The highest BCUT2D eigenvalue weighted by atomic mass is 35.5. The molecule has 0 radical (unpaired) electrons. The molecule has 0 aliphatic carbocycles. The molecule has 1 fully saturated rings. The lowest BCUT2D eigenvalue weighted by Crippen LogP contribution is -2.58. The molecule has 0 amide bonds. The van der Waals surface area contributed by atoms with Gasteiger partial charge in [-0.3, -0.25) is 4.79 Å². The number of aliphatic hydroxyl groups is 2. The van der Waals surface area contributed by atoms with Crippen LogP contribution in [0.3, 0.4) is 0 Å². The number of aliphatic hydroxyl groups excluding tert-OH is 1. The lowest BCUT2D eigenvalue weighted by Gasteiger charge is -2.42. The summed E-state index contributed by atoms with van der Waals surface area (Å²) in [6.07, 6.45) is 0.562. The van der Waals surface area contributed by atoms with Crippen molar-refractivity contribution in [2.24, 2.45) is 0 Å². The molecule has 29 heavy (non-hydrogen) atoms. The van der Waals surface area contributed by atoms with Crippen molar-refractivity contribution in [1.82, 2.24) is 4.98 Å². The summed E-state index contributed by atoms with van der Waals surface area (Å²) in [5, 5.41) is 22.9. The molecule has 1 aliphatic rings. The molecule has 1 aliphatic heterocycles. The minimum atomic E-state index is -1.50. The topological polar surface area (TPSA) is 85.8 Å². The fraction of sp³-hybridized carbons (Fsp3) is 0.286. The Hall–Kier alpha value is -2.61. The fourth-order valence-corrected chi connectivity index (χ4v) is 3.77. The van der Waals surface area contributed by atoms with Gasteiger partial charge in [0.2, 0.25) is 0 Å². The van der Waals surface area contributed by atoms with E-state index in [1.165, 1.54) is 12.3 Å². The highest BCUT2D eigenvalue weighted by Gasteiger charge is 2.42. The number of nitrogens with one attached hydrogen (secondary N) is 1. The van der Waals surface area contributed by atoms with Crippen LogP contribution in [-0.2, 0) is 0 Å². The summed E-state index contributed by atoms with van der Waals surface area (Å²) in [6.45, 7) is 0.231. The predicted molar refractivity (Wildman–Crippen MR) is 109 cm³/mol. The van der Waals surface area contributed by atoms with E-state index < -0.39 is 17.5 Å². The highest BCUT2D eigenvalue weighted by Crippen LogP contribution is 2.31. The van der Waals surface area contributed by atoms with Crippen LogP contribution in [0.25, 0.3) is 10.8 Å². The summed E-state index contributed by atoms with van der Waals surface area (Å²) < 4.78 is 20.0. The van der Waals surface area contributed by atoms with Crippen LogP contribution >= 0.6 is 11.6 Å². The first kappa shape index (κ1) is 19.7. The number of aromatic nitrogens is 1. The minimum Gasteiger partial charge on any atom is -0.490 e. The first-order valence-corrected chi connectivity index (χ1v) is 9.59. The number of piperidine rings is 1. The molecule has 8 heteroatoms. The summed E-state index contributed by atoms with van der Waals surface area (Å²) in [6, 6.07) is 11.2. The number of aromatic amines is 1. The van der Waals surface area contributed by atoms with E-state index in [0.717, 1.165) is 0 Å². The number of nitrogens with zero attached hydrogens (tertiary/aromatic N) is 1. The fourth-order valence-electron chi connectivity index (χ4n) is 3.61. The van der Waals surface area contributed by atoms with Gasteiger partial charge in [-0.25, -0.2) is 4.39 Å². The maximum absolute atomic E-state index is 14.2. The van der Waals surface area contributed by atoms with Gasteiger partial charge >= 0.3 is 0 Å². The van der Waals surface area contributed by atoms with Gasteiger partial charge in [-0.15, -0.1) is 0 Å². The van der Waals surface area contributed by atoms with Gasteiger partial charge in [0.05, 0.1) is 11.1 Å². The molecule has 4 rings (SSSR count). The second kappa shape index (κ2) is 7.67. The molecule has 2 aromatic carbocycles. The Labute approximate surface area is 171 Å². The Kier molecular flexibility index (Phi) is 5.21. The Morgan fingerprint density at radius 3 is 2.86 bits per heavy atom. The van der Waals surface area contributed by atoms with Crippen LogP contribution in [0.1, 0.15) is 6.42 Å². The van der Waals surface area contributed by atoms with Crippen LogP contribution in [0.2, 0.25) is 5.02 Å². The van der Waals surface area contributed by atoms with Crippen molar-refractivity contribution < 1.29 is 19.3 Å². The van der Waals surface area contributed by atoms with Crippen LogP contribution in [0.15, 0.2) is 53.5 Å². The Morgan fingerprint density at radius 2 is 2.10 bits per heavy atom. The van der Waals surface area contributed by atoms with E-state index in [9.17, 15) is 19.4 Å². The quantitative estimate of drug-likeness (QED) is 0.606. The molecule has 2 atom stereocenters. The van der Waals surface area contributed by atoms with Crippen LogP contribution in [0.4, 0.5) is 10.1 Å². The third-order valence-electron chi connectivity index (χ3n) is 5.33. The van der Waals surface area contributed by atoms with Gasteiger partial charge < -0.3 is 24.8 Å². The molecule has 0 spiro atoms. The second-order valence-corrected chi connectivity index (χ2v) is 7.66. The zero-order valence-corrected chi connectivity index (χ0v) is 16.2. The average molecular weight is 419 g/mol. The summed E-state index contributed by atoms with van der Waals surface area (Å²) in [5.41, 5.74) is -1.40. The highest BCUT2D eigenvalue weighted by molar-refractivity contribution is 6.30. The van der Waals surface area contributed by atoms with Crippen LogP contribution in [-0.4, -0.2) is 46.6 Å². The summed E-state index contributed by atoms with van der Waals surface area (Å²) in [7, 11) is 0. The van der Waals surface area contributed by atoms with Crippen molar-refractivity contribution in [3.05, 3.63) is 69.9 Å². The summed E-state index contributed by atoms with van der Waals surface area (Å²) in [5.74, 6) is -0.0345. The molecule has 152 valence electrons. The molecule has 2 heterocycles. The van der Waals surface area contributed by atoms with Crippen molar-refractivity contribution in [3.63, 3.8) is 0 Å². The minimum absolute atomic E-state index is 0.0492. The first-order valence-electron chi connectivity index (χ1n) is 9.21. The van der Waals surface area contributed by atoms with E-state index in [0.29, 0.717) is 33.8 Å². The van der Waals surface area contributed by atoms with E-state index in [2.05, 4.69) is 4.98 Å². The lowest BCUT2D eigenvalue weighted by molar-refractivity contribution is -0.108. The molecule has 1 aromatic heterocycles. The molecular formula is C21H20ClFN2O4. The number of halogens is 2. The number of β-amino-alcohol motifs (C(OH)–C–C–N with tert-alkyl or cyclic N) is 1. The van der Waals surface area contributed by atoms with E-state index in [1.807, 2.05) is 0 Å². The number of hydrogen-bond acceptors (Lipinski definition) is 5. The van der Waals surface area contributed by atoms with Gasteiger partial charge in [0.25, 0.3) is 5.56 Å². The van der Waals surface area contributed by atoms with Crippen molar-refractivity contribution in [2.75, 3.05) is 24.6 Å². The number of H-pyrrole nitrogens is 1. The molecule has 0 saturated carbocycles. The monoisotopic (exact) mass is 418 g/mol. The smallest absolute Gasteiger partial charge is 0.255 e. The van der Waals surface area contributed by atoms with Gasteiger partial charge in [0.1, 0.15) is 29.9 Å². The van der Waals surface area contributed by atoms with Gasteiger partial charge in [-0.2, -0.15) is 0 Å². The third kappa shape index (κ3) is 3.81. The van der Waals surface area contributed by atoms with Crippen LogP contribution in [0.5, 0.6) is 5.75 Å². The number of benzene rings is 2. The van der Waals surface area contributed by atoms with Gasteiger partial charge in [0.15, 0.2) is 0 Å². The number of rotatable bonds is 4. The summed E-state index contributed by atoms with van der Waals surface area (Å²) in [4.78, 5) is 16.2. The number of ether oxygens (including phenoxy) is 1. The van der Waals surface area contributed by atoms with E-state index in [-0.39, 0.29) is 25.1 Å². The molecule has 0 bridgehead atoms. The van der Waals surface area contributed by atoms with Crippen molar-refractivity contribution >= 4 is 28.1 Å². The Bertz CT molecular complexity index is 1110. The largest absolute Gasteiger partial charge is 0.490 e. The van der Waals surface area contributed by atoms with E-state index >= 15 is 0 Å². The first-order chi connectivity index (χ1) is 13.9. The lowest BCUT2D eigenvalue weighted by atomic mass is 9.89. The number of fused-ring (bicyclic) bond motifs is 1. The molecule has 3 N–H and O–H groups in total. The standard InChI is InChI=1S/C21H20ClFN2O4/c22-13-4-5-17(16(23)10-13)25-9-7-21(28,19(26)11-25)12-29-18-3-1-2-15-14(18)6-8-24-20(15)27/h1-6,8,10,19,26,28H,7,9,11-12H2,(H,24,27)/t19-,21-/m1/s1. The van der Waals surface area contributed by atoms with Crippen molar-refractivity contribution in [1.29, 1.82) is 0 Å². The molecule has 6 nitrogen and oxygen atoms in total. The van der Waals surface area contributed by atoms with Crippen molar-refractivity contribution in [2.45, 2.75) is 18.1 Å². The van der Waals surface area contributed by atoms with Crippen LogP contribution in [0, 0.1) is 5.82 Å². The van der Waals surface area contributed by atoms with Crippen molar-refractivity contribution in [3.8, 4) is 5.75 Å². The molecule has 1 saturated heterocycles. The van der Waals surface area contributed by atoms with Gasteiger partial charge in [0, 0.05) is 29.7 Å². The number of hydrogen-bond donors (Lipinski definition) is 3. The Morgan fingerprint density at radius 1 is 1.28 bits per heavy atom. The molecule has 0 unspecified atom stereocenters. The van der Waals surface area contributed by atoms with Crippen LogP contribution < -0.4 is 15.2 Å². The molecule has 3 aromatic rings. The Balaban J connectivity index is 1.49. The van der Waals surface area contributed by atoms with Gasteiger partial charge in [-0.1, -0.05) is 17.7 Å². The predicted octanol–water partition coefficient (Wildman–Crippen LogP) is 2.70. The van der Waals surface area contributed by atoms with E-state index in [4.69, 9.17) is 16.3 Å². The third-order valence-corrected chi connectivity index (χ3v) is 5.57. The normalized spacial score (nSPS) is 22.1. The van der Waals surface area contributed by atoms with E-state index in [1.54, 1.807) is 41.3 Å². The van der Waals surface area contributed by atoms with Gasteiger partial charge in [-0.05, 0) is 42.8 Å². The average Bonchev–Trinajstić information content (AvgIpc) is 2.69. The SMILES string of the molecule is O=c1[nH]ccc2c(OC[C@]3(O)CCN(c4ccc(Cl)cc4F)C[C@H]3O)cccc12. The zero-order chi connectivity index (χ0) is 20.6. The summed E-state index contributed by atoms with van der Waals surface area (Å²) >= 11 is 5.79. The molecular weight excluding hydrogens is 399 g/mol. The number of anilines is 1. The zero-order valence-electron chi connectivity index (χ0n) is 15.4. The second-order valence-electron chi connectivity index (χ2n) is 7.22. The maximum atomic E-state index is 14.2. The number of pyridine rings is 1.